The van der Waals surface area contributed by atoms with E-state index in [-0.39, 0.29) is 0 Å². The minimum atomic E-state index is 0.412. The summed E-state index contributed by atoms with van der Waals surface area (Å²) >= 11 is 6.03. The fourth-order valence-corrected chi connectivity index (χ4v) is 1.58. The van der Waals surface area contributed by atoms with Gasteiger partial charge in [0.05, 0.1) is 10.6 Å². The highest BCUT2D eigenvalue weighted by Gasteiger charge is 2.04. The molecule has 1 heterocycles. The first-order chi connectivity index (χ1) is 8.19. The molecule has 0 N–H and O–H groups in total. The first-order valence-corrected chi connectivity index (χ1v) is 5.37. The molecular weight excluding hydrogens is 236 g/mol. The fraction of sp³-hybridized carbons (Fsp3) is 0.0769. The van der Waals surface area contributed by atoms with E-state index >= 15 is 0 Å². The molecule has 84 valence electrons. The number of nitrogens with zero attached hydrogens (tertiary/aromatic N) is 2. The van der Waals surface area contributed by atoms with E-state index in [0.29, 0.717) is 22.2 Å². The van der Waals surface area contributed by atoms with Gasteiger partial charge in [0, 0.05) is 12.3 Å². The SMILES string of the molecule is Cc1ccc(Oc2ccc(C#N)cn2)c(Cl)c1. The van der Waals surface area contributed by atoms with Crippen molar-refractivity contribution in [3.05, 3.63) is 52.7 Å². The van der Waals surface area contributed by atoms with Gasteiger partial charge in [0.2, 0.25) is 5.88 Å². The quantitative estimate of drug-likeness (QED) is 0.809. The lowest BCUT2D eigenvalue weighted by molar-refractivity contribution is 0.463. The highest BCUT2D eigenvalue weighted by atomic mass is 35.5. The highest BCUT2D eigenvalue weighted by Crippen LogP contribution is 2.28. The van der Waals surface area contributed by atoms with Crippen LogP contribution in [0.25, 0.3) is 0 Å². The summed E-state index contributed by atoms with van der Waals surface area (Å²) in [7, 11) is 0. The van der Waals surface area contributed by atoms with Crippen LogP contribution in [0.5, 0.6) is 11.6 Å². The minimum absolute atomic E-state index is 0.412. The third-order valence-electron chi connectivity index (χ3n) is 2.17. The smallest absolute Gasteiger partial charge is 0.219 e. The molecule has 0 spiro atoms. The van der Waals surface area contributed by atoms with E-state index in [1.54, 1.807) is 18.2 Å². The summed E-state index contributed by atoms with van der Waals surface area (Å²) in [4.78, 5) is 4.00. The molecule has 0 aliphatic heterocycles. The van der Waals surface area contributed by atoms with Crippen molar-refractivity contribution in [2.24, 2.45) is 0 Å². The van der Waals surface area contributed by atoms with Crippen molar-refractivity contribution in [2.75, 3.05) is 0 Å². The Kier molecular flexibility index (Phi) is 3.27. The lowest BCUT2D eigenvalue weighted by Crippen LogP contribution is -1.89. The summed E-state index contributed by atoms with van der Waals surface area (Å²) in [5.74, 6) is 0.962. The second-order valence-corrected chi connectivity index (χ2v) is 3.94. The van der Waals surface area contributed by atoms with E-state index in [9.17, 15) is 0 Å². The lowest BCUT2D eigenvalue weighted by Gasteiger charge is -2.06. The van der Waals surface area contributed by atoms with Crippen molar-refractivity contribution in [3.8, 4) is 17.7 Å². The van der Waals surface area contributed by atoms with Crippen LogP contribution in [0.2, 0.25) is 5.02 Å². The van der Waals surface area contributed by atoms with Crippen LogP contribution < -0.4 is 4.74 Å². The molecule has 1 aromatic heterocycles. The van der Waals surface area contributed by atoms with Gasteiger partial charge in [0.25, 0.3) is 0 Å². The van der Waals surface area contributed by atoms with Crippen LogP contribution in [0.3, 0.4) is 0 Å². The molecule has 0 atom stereocenters. The second-order valence-electron chi connectivity index (χ2n) is 3.53. The van der Waals surface area contributed by atoms with Crippen LogP contribution in [0, 0.1) is 18.3 Å². The van der Waals surface area contributed by atoms with Crippen LogP contribution in [-0.2, 0) is 0 Å². The van der Waals surface area contributed by atoms with Crippen LogP contribution >= 0.6 is 11.6 Å². The average Bonchev–Trinajstić information content (AvgIpc) is 2.34. The standard InChI is InChI=1S/C13H9ClN2O/c1-9-2-4-12(11(14)6-9)17-13-5-3-10(7-15)8-16-13/h2-6,8H,1H3. The summed E-state index contributed by atoms with van der Waals surface area (Å²) in [5, 5.41) is 9.18. The van der Waals surface area contributed by atoms with E-state index in [1.165, 1.54) is 6.20 Å². The van der Waals surface area contributed by atoms with Gasteiger partial charge in [-0.05, 0) is 30.7 Å². The molecular formula is C13H9ClN2O. The molecule has 0 bridgehead atoms. The van der Waals surface area contributed by atoms with Crippen molar-refractivity contribution < 1.29 is 4.74 Å². The summed E-state index contributed by atoms with van der Waals surface area (Å²) in [6.45, 7) is 1.95. The Morgan fingerprint density at radius 1 is 1.29 bits per heavy atom. The Morgan fingerprint density at radius 3 is 2.71 bits per heavy atom. The largest absolute Gasteiger partial charge is 0.437 e. The predicted octanol–water partition coefficient (Wildman–Crippen LogP) is 3.71. The number of pyridine rings is 1. The molecule has 0 aliphatic carbocycles. The normalized spacial score (nSPS) is 9.71. The maximum atomic E-state index is 8.64. The molecule has 17 heavy (non-hydrogen) atoms. The Morgan fingerprint density at radius 2 is 2.12 bits per heavy atom. The molecule has 0 fully saturated rings. The van der Waals surface area contributed by atoms with E-state index < -0.39 is 0 Å². The zero-order valence-corrected chi connectivity index (χ0v) is 9.90. The van der Waals surface area contributed by atoms with Crippen LogP contribution in [-0.4, -0.2) is 4.98 Å². The average molecular weight is 245 g/mol. The maximum absolute atomic E-state index is 8.64. The van der Waals surface area contributed by atoms with Crippen LogP contribution in [0.4, 0.5) is 0 Å². The third kappa shape index (κ3) is 2.74. The first kappa shape index (κ1) is 11.4. The summed E-state index contributed by atoms with van der Waals surface area (Å²) < 4.78 is 5.51. The second kappa shape index (κ2) is 4.86. The number of aromatic nitrogens is 1. The Labute approximate surface area is 104 Å². The van der Waals surface area contributed by atoms with Gasteiger partial charge < -0.3 is 4.74 Å². The Hall–Kier alpha value is -2.05. The number of aryl methyl sites for hydroxylation is 1. The molecule has 0 unspecified atom stereocenters. The van der Waals surface area contributed by atoms with Gasteiger partial charge in [-0.1, -0.05) is 17.7 Å². The van der Waals surface area contributed by atoms with Crippen molar-refractivity contribution in [1.29, 1.82) is 5.26 Å². The monoisotopic (exact) mass is 244 g/mol. The number of nitriles is 1. The van der Waals surface area contributed by atoms with Gasteiger partial charge in [-0.2, -0.15) is 5.26 Å². The first-order valence-electron chi connectivity index (χ1n) is 4.99. The number of halogens is 1. The van der Waals surface area contributed by atoms with Crippen LogP contribution in [0.1, 0.15) is 11.1 Å². The van der Waals surface area contributed by atoms with Gasteiger partial charge in [-0.15, -0.1) is 0 Å². The van der Waals surface area contributed by atoms with Crippen molar-refractivity contribution in [3.63, 3.8) is 0 Å². The lowest BCUT2D eigenvalue weighted by atomic mass is 10.2. The molecule has 0 saturated carbocycles. The zero-order valence-electron chi connectivity index (χ0n) is 9.14. The number of hydrogen-bond acceptors (Lipinski definition) is 3. The number of hydrogen-bond donors (Lipinski definition) is 0. The number of ether oxygens (including phenoxy) is 1. The topological polar surface area (TPSA) is 45.9 Å². The highest BCUT2D eigenvalue weighted by molar-refractivity contribution is 6.32. The van der Waals surface area contributed by atoms with Crippen molar-refractivity contribution in [2.45, 2.75) is 6.92 Å². The summed E-state index contributed by atoms with van der Waals surface area (Å²) in [6.07, 6.45) is 1.46. The molecule has 3 nitrogen and oxygen atoms in total. The molecule has 0 radical (unpaired) electrons. The maximum Gasteiger partial charge on any atom is 0.219 e. The predicted molar refractivity (Wildman–Crippen MR) is 65.2 cm³/mol. The van der Waals surface area contributed by atoms with Gasteiger partial charge >= 0.3 is 0 Å². The van der Waals surface area contributed by atoms with Crippen LogP contribution in [0.15, 0.2) is 36.5 Å². The van der Waals surface area contributed by atoms with E-state index in [4.69, 9.17) is 21.6 Å². The van der Waals surface area contributed by atoms with Gasteiger partial charge in [0.15, 0.2) is 0 Å². The van der Waals surface area contributed by atoms with E-state index in [0.717, 1.165) is 5.56 Å². The Bertz CT molecular complexity index is 573. The van der Waals surface area contributed by atoms with Gasteiger partial charge in [-0.25, -0.2) is 4.98 Å². The van der Waals surface area contributed by atoms with Crippen molar-refractivity contribution in [1.82, 2.24) is 4.98 Å². The molecule has 0 amide bonds. The number of rotatable bonds is 2. The van der Waals surface area contributed by atoms with Gasteiger partial charge in [-0.3, -0.25) is 0 Å². The van der Waals surface area contributed by atoms with E-state index in [1.807, 2.05) is 25.1 Å². The molecule has 2 rings (SSSR count). The van der Waals surface area contributed by atoms with Crippen molar-refractivity contribution >= 4 is 11.6 Å². The molecule has 0 saturated heterocycles. The zero-order chi connectivity index (χ0) is 12.3. The fourth-order valence-electron chi connectivity index (χ4n) is 1.31. The number of benzene rings is 1. The van der Waals surface area contributed by atoms with Gasteiger partial charge in [0.1, 0.15) is 11.8 Å². The molecule has 2 aromatic rings. The molecule has 1 aromatic carbocycles. The van der Waals surface area contributed by atoms with E-state index in [2.05, 4.69) is 4.98 Å². The summed E-state index contributed by atoms with van der Waals surface area (Å²) in [6, 6.07) is 10.8. The minimum Gasteiger partial charge on any atom is -0.437 e. The third-order valence-corrected chi connectivity index (χ3v) is 2.46. The Balaban J connectivity index is 2.23. The molecule has 4 heteroatoms. The molecule has 0 aliphatic rings. The summed E-state index contributed by atoms with van der Waals surface area (Å²) in [5.41, 5.74) is 1.56.